The topological polar surface area (TPSA) is 145 Å². The number of ether oxygens (including phenoxy) is 6. The monoisotopic (exact) mass is 826 g/mol. The number of rotatable bonds is 15. The van der Waals surface area contributed by atoms with Gasteiger partial charge in [0.2, 0.25) is 0 Å². The molecule has 0 amide bonds. The highest BCUT2D eigenvalue weighted by atomic mass is 28.4. The van der Waals surface area contributed by atoms with Gasteiger partial charge >= 0.3 is 5.97 Å². The predicted molar refractivity (Wildman–Crippen MR) is 224 cm³/mol. The van der Waals surface area contributed by atoms with Crippen LogP contribution in [-0.4, -0.2) is 127 Å². The van der Waals surface area contributed by atoms with Gasteiger partial charge in [-0.25, -0.2) is 16.3 Å². The highest BCUT2D eigenvalue weighted by Crippen LogP contribution is 2.54. The molecule has 0 bridgehead atoms. The summed E-state index contributed by atoms with van der Waals surface area (Å²) in [5, 5.41) is 27.3. The van der Waals surface area contributed by atoms with E-state index in [0.717, 1.165) is 12.0 Å². The Labute approximate surface area is 346 Å². The molecule has 3 aliphatic rings. The third-order valence-corrected chi connectivity index (χ3v) is 18.6. The van der Waals surface area contributed by atoms with Crippen LogP contribution in [-0.2, 0) is 31.5 Å². The molecule has 5 rings (SSSR count). The third-order valence-electron chi connectivity index (χ3n) is 13.2. The van der Waals surface area contributed by atoms with E-state index in [0.29, 0.717) is 83.1 Å². The molecule has 2 aromatic rings. The van der Waals surface area contributed by atoms with Gasteiger partial charge in [0, 0.05) is 65.5 Å². The molecule has 0 aromatic heterocycles. The Bertz CT molecular complexity index is 1840. The standard InChI is InChI=1S/C43H66N4O10Si/c1-15-55-43(50)34-32-28(38(51-10)25(6)40(53-12)36(32)48)20-30(45-34)35-33-29(39(52-11)26(7)41(54-13)37(33)49)21-31(46(35)9)42(44-8)47-17-19-56-27(22-47)16-18-57-58(14,23(2)3)24(4)5/h23-24,27,30-31,34-35,42,45,48-49H,15-22H2,1-7,9-14H3/t27-,30?,31?,34+,35?,42?/m0/s1. The molecule has 2 aromatic carbocycles. The summed E-state index contributed by atoms with van der Waals surface area (Å²) in [6.07, 6.45) is 0.730. The summed E-state index contributed by atoms with van der Waals surface area (Å²) in [7, 11) is 6.15. The van der Waals surface area contributed by atoms with E-state index in [1.165, 1.54) is 14.2 Å². The highest BCUT2D eigenvalue weighted by Gasteiger charge is 2.51. The number of methoxy groups -OCH3 is 4. The number of phenols is 2. The van der Waals surface area contributed by atoms with Crippen LogP contribution in [0.4, 0.5) is 0 Å². The fourth-order valence-electron chi connectivity index (χ4n) is 9.61. The number of esters is 1. The van der Waals surface area contributed by atoms with Crippen LogP contribution in [0.5, 0.6) is 34.5 Å². The Kier molecular flexibility index (Phi) is 14.6. The van der Waals surface area contributed by atoms with Crippen LogP contribution in [0.15, 0.2) is 0 Å². The van der Waals surface area contributed by atoms with Crippen molar-refractivity contribution < 1.29 is 47.9 Å². The molecule has 58 heavy (non-hydrogen) atoms. The number of phenolic OH excluding ortho intramolecular Hbond substituents is 2. The van der Waals surface area contributed by atoms with E-state index in [1.54, 1.807) is 28.1 Å². The average molecular weight is 827 g/mol. The molecule has 0 saturated carbocycles. The lowest BCUT2D eigenvalue weighted by atomic mass is 9.77. The van der Waals surface area contributed by atoms with Crippen molar-refractivity contribution >= 4 is 14.3 Å². The first-order valence-electron chi connectivity index (χ1n) is 20.5. The third kappa shape index (κ3) is 8.08. The van der Waals surface area contributed by atoms with Crippen LogP contribution >= 0.6 is 0 Å². The molecular weight excluding hydrogens is 761 g/mol. The van der Waals surface area contributed by atoms with E-state index >= 15 is 0 Å². The first kappa shape index (κ1) is 45.3. The predicted octanol–water partition coefficient (Wildman–Crippen LogP) is 6.21. The van der Waals surface area contributed by atoms with Gasteiger partial charge in [-0.05, 0) is 58.3 Å². The van der Waals surface area contributed by atoms with Gasteiger partial charge in [-0.2, -0.15) is 0 Å². The lowest BCUT2D eigenvalue weighted by Crippen LogP contribution is -2.60. The number of aromatic hydroxyl groups is 2. The average Bonchev–Trinajstić information content (AvgIpc) is 3.19. The van der Waals surface area contributed by atoms with Crippen molar-refractivity contribution in [2.24, 2.45) is 0 Å². The molecule has 6 atom stereocenters. The van der Waals surface area contributed by atoms with Gasteiger partial charge in [-0.15, -0.1) is 0 Å². The van der Waals surface area contributed by atoms with Crippen LogP contribution in [0.25, 0.3) is 4.85 Å². The minimum Gasteiger partial charge on any atom is -0.504 e. The van der Waals surface area contributed by atoms with Crippen LogP contribution in [0, 0.1) is 20.4 Å². The summed E-state index contributed by atoms with van der Waals surface area (Å²) in [5.74, 6) is 0.770. The quantitative estimate of drug-likeness (QED) is 0.106. The molecule has 322 valence electrons. The molecule has 3 aliphatic heterocycles. The number of nitrogens with zero attached hydrogens (tertiary/aromatic N) is 3. The summed E-state index contributed by atoms with van der Waals surface area (Å²) >= 11 is 0. The maximum atomic E-state index is 13.9. The molecule has 14 nitrogen and oxygen atoms in total. The van der Waals surface area contributed by atoms with Crippen LogP contribution in [0.1, 0.15) is 86.5 Å². The van der Waals surface area contributed by atoms with Gasteiger partial charge in [0.25, 0.3) is 6.17 Å². The first-order valence-corrected chi connectivity index (χ1v) is 23.1. The van der Waals surface area contributed by atoms with Gasteiger partial charge in [-0.3, -0.25) is 15.1 Å². The zero-order valence-electron chi connectivity index (χ0n) is 36.8. The van der Waals surface area contributed by atoms with Gasteiger partial charge in [0.15, 0.2) is 31.3 Å². The summed E-state index contributed by atoms with van der Waals surface area (Å²) in [6.45, 7) is 27.7. The second kappa shape index (κ2) is 18.6. The van der Waals surface area contributed by atoms with Crippen molar-refractivity contribution in [3.8, 4) is 34.5 Å². The number of benzene rings is 2. The molecule has 0 aliphatic carbocycles. The van der Waals surface area contributed by atoms with E-state index in [2.05, 4.69) is 54.2 Å². The van der Waals surface area contributed by atoms with Crippen molar-refractivity contribution in [2.75, 3.05) is 68.4 Å². The molecule has 4 unspecified atom stereocenters. The second-order valence-corrected chi connectivity index (χ2v) is 21.5. The Morgan fingerprint density at radius 2 is 1.48 bits per heavy atom. The van der Waals surface area contributed by atoms with Gasteiger partial charge in [0.1, 0.15) is 23.6 Å². The van der Waals surface area contributed by atoms with Crippen molar-refractivity contribution in [3.05, 3.63) is 44.8 Å². The molecule has 3 N–H and O–H groups in total. The van der Waals surface area contributed by atoms with Crippen molar-refractivity contribution in [2.45, 2.75) is 122 Å². The normalized spacial score (nSPS) is 23.2. The Hall–Kier alpha value is -3.78. The molecule has 15 heteroatoms. The highest BCUT2D eigenvalue weighted by molar-refractivity contribution is 6.75. The van der Waals surface area contributed by atoms with Gasteiger partial charge in [0.05, 0.1) is 53.8 Å². The number of fused-ring (bicyclic) bond motifs is 2. The lowest BCUT2D eigenvalue weighted by Gasteiger charge is -2.48. The molecular formula is C43H66N4O10Si. The fraction of sp³-hybridized carbons (Fsp3) is 0.674. The number of nitrogens with one attached hydrogen (secondary N) is 1. The molecule has 0 spiro atoms. The minimum absolute atomic E-state index is 0.0313. The largest absolute Gasteiger partial charge is 0.504 e. The van der Waals surface area contributed by atoms with E-state index in [4.69, 9.17) is 39.4 Å². The molecule has 3 heterocycles. The minimum atomic E-state index is -1.94. The molecule has 1 saturated heterocycles. The number of hydrogen-bond donors (Lipinski definition) is 3. The number of carbonyl (C=O) groups is 1. The second-order valence-electron chi connectivity index (χ2n) is 16.6. The van der Waals surface area contributed by atoms with Gasteiger partial charge < -0.3 is 43.1 Å². The maximum absolute atomic E-state index is 13.9. The zero-order chi connectivity index (χ0) is 42.8. The summed E-state index contributed by atoms with van der Waals surface area (Å²) in [6, 6.07) is -2.68. The van der Waals surface area contributed by atoms with Crippen LogP contribution < -0.4 is 24.3 Å². The summed E-state index contributed by atoms with van der Waals surface area (Å²) < 4.78 is 42.0. The molecule has 0 radical (unpaired) electrons. The number of hydrogen-bond acceptors (Lipinski definition) is 13. The number of likely N-dealkylation sites (N-methyl/N-ethyl adjacent to an activating group) is 1. The van der Waals surface area contributed by atoms with E-state index in [-0.39, 0.29) is 48.2 Å². The zero-order valence-corrected chi connectivity index (χ0v) is 37.8. The molecule has 1 fully saturated rings. The van der Waals surface area contributed by atoms with E-state index in [9.17, 15) is 15.0 Å². The first-order chi connectivity index (χ1) is 27.6. The number of morpholine rings is 1. The number of carbonyl (C=O) groups excluding carboxylic acids is 1. The summed E-state index contributed by atoms with van der Waals surface area (Å²) in [5.41, 5.74) is 4.49. The van der Waals surface area contributed by atoms with Crippen molar-refractivity contribution in [3.63, 3.8) is 0 Å². The Balaban J connectivity index is 1.60. The van der Waals surface area contributed by atoms with Crippen LogP contribution in [0.3, 0.4) is 0 Å². The Morgan fingerprint density at radius 1 is 0.931 bits per heavy atom. The SMILES string of the molecule is [C-]#[N+]C(C1Cc2c(OC)c(C)c(OC)c(O)c2C(C2Cc3c(OC)c(C)c(OC)c(O)c3[C@H](C(=O)OCC)N2)N1C)N1CCO[C@@H](CCO[Si](C)(C(C)C)C(C)C)C1. The van der Waals surface area contributed by atoms with E-state index in [1.807, 2.05) is 14.0 Å². The summed E-state index contributed by atoms with van der Waals surface area (Å²) in [4.78, 5) is 22.5. The Morgan fingerprint density at radius 3 is 2.00 bits per heavy atom. The lowest BCUT2D eigenvalue weighted by molar-refractivity contribution is -0.146. The van der Waals surface area contributed by atoms with E-state index < -0.39 is 38.6 Å². The van der Waals surface area contributed by atoms with Crippen LogP contribution in [0.2, 0.25) is 17.6 Å². The van der Waals surface area contributed by atoms with Crippen molar-refractivity contribution in [1.82, 2.24) is 15.1 Å². The van der Waals surface area contributed by atoms with Crippen molar-refractivity contribution in [1.29, 1.82) is 0 Å². The maximum Gasteiger partial charge on any atom is 0.327 e. The fourth-order valence-corrected chi connectivity index (χ4v) is 12.2. The smallest absolute Gasteiger partial charge is 0.327 e. The van der Waals surface area contributed by atoms with Gasteiger partial charge in [-0.1, -0.05) is 27.7 Å².